The first-order chi connectivity index (χ1) is 9.49. The summed E-state index contributed by atoms with van der Waals surface area (Å²) < 4.78 is 2.20. The summed E-state index contributed by atoms with van der Waals surface area (Å²) in [5, 5.41) is 0.0897. The van der Waals surface area contributed by atoms with Gasteiger partial charge in [-0.05, 0) is 30.0 Å². The Bertz CT molecular complexity index is 779. The van der Waals surface area contributed by atoms with Gasteiger partial charge >= 0.3 is 5.69 Å². The van der Waals surface area contributed by atoms with Crippen LogP contribution in [0.15, 0.2) is 38.3 Å². The SMILES string of the molecule is CC1CC1n1c(=O)[nH]c(Cl)c(-c2ccc(Br)cc2)c1=O. The van der Waals surface area contributed by atoms with E-state index in [9.17, 15) is 9.59 Å². The summed E-state index contributed by atoms with van der Waals surface area (Å²) in [5.41, 5.74) is 0.282. The molecule has 1 aromatic carbocycles. The number of nitrogens with one attached hydrogen (secondary N) is 1. The van der Waals surface area contributed by atoms with Gasteiger partial charge in [0, 0.05) is 10.5 Å². The lowest BCUT2D eigenvalue weighted by molar-refractivity contribution is 0.619. The molecule has 0 spiro atoms. The molecule has 1 aliphatic rings. The zero-order valence-electron chi connectivity index (χ0n) is 10.7. The maximum atomic E-state index is 12.6. The van der Waals surface area contributed by atoms with E-state index in [0.29, 0.717) is 17.0 Å². The van der Waals surface area contributed by atoms with Crippen molar-refractivity contribution in [3.8, 4) is 11.1 Å². The van der Waals surface area contributed by atoms with Crippen molar-refractivity contribution < 1.29 is 0 Å². The van der Waals surface area contributed by atoms with Crippen LogP contribution in [0.2, 0.25) is 5.15 Å². The van der Waals surface area contributed by atoms with Crippen LogP contribution in [0.1, 0.15) is 19.4 Å². The molecule has 2 aromatic rings. The second kappa shape index (κ2) is 4.90. The molecular formula is C14H12BrClN2O2. The summed E-state index contributed by atoms with van der Waals surface area (Å²) in [6, 6.07) is 7.25. The molecule has 2 unspecified atom stereocenters. The molecule has 3 rings (SSSR count). The first kappa shape index (κ1) is 13.6. The molecule has 1 N–H and O–H groups in total. The molecule has 1 aromatic heterocycles. The third kappa shape index (κ3) is 2.25. The molecule has 1 aliphatic carbocycles. The molecule has 1 fully saturated rings. The highest BCUT2D eigenvalue weighted by Gasteiger charge is 2.37. The highest BCUT2D eigenvalue weighted by molar-refractivity contribution is 9.10. The lowest BCUT2D eigenvalue weighted by atomic mass is 10.1. The molecule has 0 radical (unpaired) electrons. The van der Waals surface area contributed by atoms with E-state index in [4.69, 9.17) is 11.6 Å². The first-order valence-electron chi connectivity index (χ1n) is 6.29. The fraction of sp³-hybridized carbons (Fsp3) is 0.286. The van der Waals surface area contributed by atoms with Crippen molar-refractivity contribution in [2.75, 3.05) is 0 Å². The number of halogens is 2. The number of hydrogen-bond donors (Lipinski definition) is 1. The zero-order valence-corrected chi connectivity index (χ0v) is 13.0. The summed E-state index contributed by atoms with van der Waals surface area (Å²) in [6.45, 7) is 2.02. The third-order valence-electron chi connectivity index (χ3n) is 3.62. The van der Waals surface area contributed by atoms with E-state index in [2.05, 4.69) is 20.9 Å². The summed E-state index contributed by atoms with van der Waals surface area (Å²) >= 11 is 9.41. The largest absolute Gasteiger partial charge is 0.329 e. The van der Waals surface area contributed by atoms with Crippen molar-refractivity contribution in [1.29, 1.82) is 0 Å². The highest BCUT2D eigenvalue weighted by atomic mass is 79.9. The summed E-state index contributed by atoms with van der Waals surface area (Å²) in [7, 11) is 0. The lowest BCUT2D eigenvalue weighted by Gasteiger charge is -2.08. The Morgan fingerprint density at radius 3 is 2.45 bits per heavy atom. The van der Waals surface area contributed by atoms with E-state index >= 15 is 0 Å². The van der Waals surface area contributed by atoms with E-state index in [1.807, 2.05) is 19.1 Å². The average Bonchev–Trinajstić information content (AvgIpc) is 3.08. The second-order valence-corrected chi connectivity index (χ2v) is 6.38. The monoisotopic (exact) mass is 354 g/mol. The van der Waals surface area contributed by atoms with Gasteiger partial charge in [0.25, 0.3) is 5.56 Å². The van der Waals surface area contributed by atoms with Gasteiger partial charge in [-0.1, -0.05) is 46.6 Å². The zero-order chi connectivity index (χ0) is 14.4. The topological polar surface area (TPSA) is 54.9 Å². The average molecular weight is 356 g/mol. The Labute approximate surface area is 128 Å². The number of rotatable bonds is 2. The van der Waals surface area contributed by atoms with Crippen molar-refractivity contribution in [1.82, 2.24) is 9.55 Å². The van der Waals surface area contributed by atoms with E-state index < -0.39 is 5.69 Å². The maximum Gasteiger partial charge on any atom is 0.329 e. The van der Waals surface area contributed by atoms with Crippen LogP contribution in [0.25, 0.3) is 11.1 Å². The van der Waals surface area contributed by atoms with Crippen LogP contribution in [-0.4, -0.2) is 9.55 Å². The van der Waals surface area contributed by atoms with Crippen molar-refractivity contribution >= 4 is 27.5 Å². The van der Waals surface area contributed by atoms with Gasteiger partial charge in [-0.15, -0.1) is 0 Å². The maximum absolute atomic E-state index is 12.6. The highest BCUT2D eigenvalue weighted by Crippen LogP contribution is 2.41. The van der Waals surface area contributed by atoms with Gasteiger partial charge < -0.3 is 0 Å². The van der Waals surface area contributed by atoms with Crippen LogP contribution in [0, 0.1) is 5.92 Å². The Hall–Kier alpha value is -1.33. The number of aromatic amines is 1. The second-order valence-electron chi connectivity index (χ2n) is 5.08. The number of hydrogen-bond acceptors (Lipinski definition) is 2. The van der Waals surface area contributed by atoms with Gasteiger partial charge in [0.1, 0.15) is 5.15 Å². The van der Waals surface area contributed by atoms with Gasteiger partial charge in [0.05, 0.1) is 5.56 Å². The molecule has 6 heteroatoms. The molecule has 20 heavy (non-hydrogen) atoms. The quantitative estimate of drug-likeness (QED) is 0.841. The summed E-state index contributed by atoms with van der Waals surface area (Å²) in [6.07, 6.45) is 0.852. The molecular weight excluding hydrogens is 344 g/mol. The van der Waals surface area contributed by atoms with Crippen LogP contribution in [0.4, 0.5) is 0 Å². The third-order valence-corrected chi connectivity index (χ3v) is 4.43. The summed E-state index contributed by atoms with van der Waals surface area (Å²) in [4.78, 5) is 27.1. The van der Waals surface area contributed by atoms with Crippen LogP contribution in [0.5, 0.6) is 0 Å². The van der Waals surface area contributed by atoms with Crippen LogP contribution in [0.3, 0.4) is 0 Å². The molecule has 104 valence electrons. The lowest BCUT2D eigenvalue weighted by Crippen LogP contribution is -2.36. The molecule has 1 heterocycles. The molecule has 0 amide bonds. The fourth-order valence-electron chi connectivity index (χ4n) is 2.35. The number of aromatic nitrogens is 2. The van der Waals surface area contributed by atoms with Crippen LogP contribution in [-0.2, 0) is 0 Å². The van der Waals surface area contributed by atoms with Crippen LogP contribution < -0.4 is 11.2 Å². The predicted molar refractivity (Wildman–Crippen MR) is 82.3 cm³/mol. The minimum atomic E-state index is -0.435. The molecule has 2 atom stereocenters. The molecule has 1 saturated carbocycles. The smallest absolute Gasteiger partial charge is 0.297 e. The van der Waals surface area contributed by atoms with Gasteiger partial charge in [-0.25, -0.2) is 4.79 Å². The van der Waals surface area contributed by atoms with Gasteiger partial charge in [-0.2, -0.15) is 0 Å². The first-order valence-corrected chi connectivity index (χ1v) is 7.46. The standard InChI is InChI=1S/C14H12BrClN2O2/c1-7-6-10(7)18-13(19)11(12(16)17-14(18)20)8-2-4-9(15)5-3-8/h2-5,7,10H,6H2,1H3,(H,17,20). The minimum absolute atomic E-state index is 0.0160. The van der Waals surface area contributed by atoms with Crippen molar-refractivity contribution in [2.24, 2.45) is 5.92 Å². The molecule has 4 nitrogen and oxygen atoms in total. The number of H-pyrrole nitrogens is 1. The van der Waals surface area contributed by atoms with E-state index in [-0.39, 0.29) is 16.8 Å². The molecule has 0 bridgehead atoms. The van der Waals surface area contributed by atoms with Crippen molar-refractivity contribution in [3.05, 3.63) is 54.7 Å². The van der Waals surface area contributed by atoms with E-state index in [1.54, 1.807) is 12.1 Å². The van der Waals surface area contributed by atoms with Gasteiger partial charge in [0.2, 0.25) is 0 Å². The van der Waals surface area contributed by atoms with Crippen molar-refractivity contribution in [2.45, 2.75) is 19.4 Å². The minimum Gasteiger partial charge on any atom is -0.297 e. The van der Waals surface area contributed by atoms with E-state index in [1.165, 1.54) is 4.57 Å². The molecule has 0 aliphatic heterocycles. The van der Waals surface area contributed by atoms with Crippen LogP contribution >= 0.6 is 27.5 Å². The molecule has 0 saturated heterocycles. The Kier molecular flexibility index (Phi) is 3.34. The van der Waals surface area contributed by atoms with Crippen molar-refractivity contribution in [3.63, 3.8) is 0 Å². The number of benzene rings is 1. The summed E-state index contributed by atoms with van der Waals surface area (Å²) in [5.74, 6) is 0.354. The van der Waals surface area contributed by atoms with Gasteiger partial charge in [-0.3, -0.25) is 14.3 Å². The van der Waals surface area contributed by atoms with E-state index in [0.717, 1.165) is 10.9 Å². The fourth-order valence-corrected chi connectivity index (χ4v) is 2.89. The predicted octanol–water partition coefficient (Wildman–Crippen LogP) is 3.20. The Morgan fingerprint density at radius 2 is 1.90 bits per heavy atom. The Morgan fingerprint density at radius 1 is 1.30 bits per heavy atom. The Balaban J connectivity index is 2.23. The number of nitrogens with zero attached hydrogens (tertiary/aromatic N) is 1. The normalized spacial score (nSPS) is 20.9. The van der Waals surface area contributed by atoms with Gasteiger partial charge in [0.15, 0.2) is 0 Å².